The van der Waals surface area contributed by atoms with Crippen LogP contribution in [0.25, 0.3) is 11.3 Å². The molecule has 7 heteroatoms. The Balaban J connectivity index is 2.45. The van der Waals surface area contributed by atoms with Gasteiger partial charge in [-0.1, -0.05) is 13.3 Å². The van der Waals surface area contributed by atoms with Crippen molar-refractivity contribution in [1.82, 2.24) is 9.97 Å². The van der Waals surface area contributed by atoms with Crippen molar-refractivity contribution in [2.45, 2.75) is 26.4 Å². The van der Waals surface area contributed by atoms with E-state index in [-0.39, 0.29) is 29.6 Å². The quantitative estimate of drug-likeness (QED) is 0.793. The maximum atomic E-state index is 13.6. The van der Waals surface area contributed by atoms with Gasteiger partial charge in [-0.25, -0.2) is 9.37 Å². The summed E-state index contributed by atoms with van der Waals surface area (Å²) in [6.07, 6.45) is 1.93. The summed E-state index contributed by atoms with van der Waals surface area (Å²) in [5.74, 6) is -0.438. The van der Waals surface area contributed by atoms with Crippen LogP contribution in [-0.4, -0.2) is 16.6 Å². The average molecular weight is 315 g/mol. The van der Waals surface area contributed by atoms with Gasteiger partial charge in [0.15, 0.2) is 0 Å². The van der Waals surface area contributed by atoms with Crippen molar-refractivity contribution in [2.24, 2.45) is 0 Å². The summed E-state index contributed by atoms with van der Waals surface area (Å²) >= 11 is 0. The molecule has 0 saturated heterocycles. The van der Waals surface area contributed by atoms with E-state index in [1.54, 1.807) is 0 Å². The Morgan fingerprint density at radius 3 is 2.78 bits per heavy atom. The number of hydrogen-bond acceptors (Lipinski definition) is 6. The van der Waals surface area contributed by atoms with Crippen LogP contribution in [0.4, 0.5) is 16.2 Å². The minimum atomic E-state index is -0.392. The molecule has 0 atom stereocenters. The van der Waals surface area contributed by atoms with Crippen molar-refractivity contribution in [3.8, 4) is 17.3 Å². The molecule has 120 valence electrons. The largest absolute Gasteiger partial charge is 0.382 e. The van der Waals surface area contributed by atoms with Gasteiger partial charge < -0.3 is 16.2 Å². The van der Waals surface area contributed by atoms with E-state index in [2.05, 4.69) is 16.9 Å². The molecule has 0 unspecified atom stereocenters. The number of ether oxygens (including phenoxy) is 1. The van der Waals surface area contributed by atoms with Crippen LogP contribution in [0.3, 0.4) is 0 Å². The topological polar surface area (TPSA) is 111 Å². The SMILES string of the molecule is CCCCOCc1cc(F)ccc1-c1nc(N)nc(N)c1C#N. The summed E-state index contributed by atoms with van der Waals surface area (Å²) in [6.45, 7) is 2.84. The molecule has 0 aliphatic rings. The van der Waals surface area contributed by atoms with Gasteiger partial charge in [-0.05, 0) is 30.2 Å². The third-order valence-electron chi connectivity index (χ3n) is 3.29. The summed E-state index contributed by atoms with van der Waals surface area (Å²) in [7, 11) is 0. The number of nitrogens with zero attached hydrogens (tertiary/aromatic N) is 3. The molecule has 1 heterocycles. The van der Waals surface area contributed by atoms with Gasteiger partial charge in [-0.3, -0.25) is 0 Å². The molecule has 6 nitrogen and oxygen atoms in total. The molecular weight excluding hydrogens is 297 g/mol. The number of nitrogens with two attached hydrogens (primary N) is 2. The third kappa shape index (κ3) is 3.93. The summed E-state index contributed by atoms with van der Waals surface area (Å²) in [5, 5.41) is 9.29. The van der Waals surface area contributed by atoms with E-state index in [0.29, 0.717) is 17.7 Å². The Labute approximate surface area is 133 Å². The van der Waals surface area contributed by atoms with E-state index in [1.807, 2.05) is 6.07 Å². The highest BCUT2D eigenvalue weighted by atomic mass is 19.1. The Kier molecular flexibility index (Phi) is 5.44. The highest BCUT2D eigenvalue weighted by molar-refractivity contribution is 5.75. The van der Waals surface area contributed by atoms with E-state index >= 15 is 0 Å². The van der Waals surface area contributed by atoms with Gasteiger partial charge in [0.1, 0.15) is 23.3 Å². The molecule has 23 heavy (non-hydrogen) atoms. The number of rotatable bonds is 6. The molecule has 2 aromatic rings. The molecular formula is C16H18FN5O. The summed E-state index contributed by atoms with van der Waals surface area (Å²) in [4.78, 5) is 7.88. The smallest absolute Gasteiger partial charge is 0.222 e. The zero-order valence-corrected chi connectivity index (χ0v) is 12.8. The molecule has 0 fully saturated rings. The van der Waals surface area contributed by atoms with Crippen molar-refractivity contribution in [1.29, 1.82) is 5.26 Å². The Hall–Kier alpha value is -2.72. The lowest BCUT2D eigenvalue weighted by atomic mass is 10.0. The van der Waals surface area contributed by atoms with Crippen molar-refractivity contribution >= 4 is 11.8 Å². The molecule has 0 aliphatic heterocycles. The second-order valence-electron chi connectivity index (χ2n) is 5.01. The van der Waals surface area contributed by atoms with Crippen LogP contribution in [0.2, 0.25) is 0 Å². The van der Waals surface area contributed by atoms with Crippen LogP contribution >= 0.6 is 0 Å². The number of anilines is 2. The van der Waals surface area contributed by atoms with Gasteiger partial charge in [0.25, 0.3) is 0 Å². The molecule has 0 spiro atoms. The predicted molar refractivity (Wildman–Crippen MR) is 85.5 cm³/mol. The molecule has 0 amide bonds. The number of unbranched alkanes of at least 4 members (excludes halogenated alkanes) is 1. The number of aromatic nitrogens is 2. The molecule has 1 aromatic heterocycles. The first-order chi connectivity index (χ1) is 11.1. The van der Waals surface area contributed by atoms with Crippen molar-refractivity contribution in [2.75, 3.05) is 18.1 Å². The fourth-order valence-corrected chi connectivity index (χ4v) is 2.14. The summed E-state index contributed by atoms with van der Waals surface area (Å²) in [5.41, 5.74) is 12.9. The van der Waals surface area contributed by atoms with E-state index in [9.17, 15) is 9.65 Å². The standard InChI is InChI=1S/C16H18FN5O/c1-2-3-6-23-9-10-7-11(17)4-5-12(10)14-13(8-18)15(19)22-16(20)21-14/h4-5,7H,2-3,6,9H2,1H3,(H4,19,20,21,22). The first kappa shape index (κ1) is 16.6. The monoisotopic (exact) mass is 315 g/mol. The second kappa shape index (κ2) is 7.51. The van der Waals surface area contributed by atoms with E-state index in [0.717, 1.165) is 12.8 Å². The lowest BCUT2D eigenvalue weighted by Crippen LogP contribution is -2.06. The molecule has 0 saturated carbocycles. The van der Waals surface area contributed by atoms with Gasteiger partial charge in [-0.15, -0.1) is 0 Å². The summed E-state index contributed by atoms with van der Waals surface area (Å²) in [6, 6.07) is 6.16. The molecule has 1 aromatic carbocycles. The lowest BCUT2D eigenvalue weighted by Gasteiger charge is -2.12. The molecule has 4 N–H and O–H groups in total. The maximum Gasteiger partial charge on any atom is 0.222 e. The average Bonchev–Trinajstić information content (AvgIpc) is 2.51. The first-order valence-electron chi connectivity index (χ1n) is 7.26. The maximum absolute atomic E-state index is 13.6. The minimum absolute atomic E-state index is 0.00261. The zero-order chi connectivity index (χ0) is 16.8. The fraction of sp³-hybridized carbons (Fsp3) is 0.312. The van der Waals surface area contributed by atoms with Gasteiger partial charge >= 0.3 is 0 Å². The van der Waals surface area contributed by atoms with Crippen LogP contribution < -0.4 is 11.5 Å². The highest BCUT2D eigenvalue weighted by Crippen LogP contribution is 2.29. The predicted octanol–water partition coefficient (Wildman–Crippen LogP) is 2.64. The normalized spacial score (nSPS) is 10.5. The van der Waals surface area contributed by atoms with E-state index in [4.69, 9.17) is 16.2 Å². The van der Waals surface area contributed by atoms with E-state index in [1.165, 1.54) is 18.2 Å². The Bertz CT molecular complexity index is 742. The van der Waals surface area contributed by atoms with Crippen molar-refractivity contribution < 1.29 is 9.13 Å². The molecule has 2 rings (SSSR count). The highest BCUT2D eigenvalue weighted by Gasteiger charge is 2.16. The van der Waals surface area contributed by atoms with E-state index < -0.39 is 5.82 Å². The molecule has 0 aliphatic carbocycles. The van der Waals surface area contributed by atoms with Crippen LogP contribution in [0.5, 0.6) is 0 Å². The molecule has 0 radical (unpaired) electrons. The number of benzene rings is 1. The fourth-order valence-electron chi connectivity index (χ4n) is 2.14. The number of hydrogen-bond donors (Lipinski definition) is 2. The lowest BCUT2D eigenvalue weighted by molar-refractivity contribution is 0.118. The zero-order valence-electron chi connectivity index (χ0n) is 12.8. The van der Waals surface area contributed by atoms with Crippen LogP contribution in [0.15, 0.2) is 18.2 Å². The Morgan fingerprint density at radius 1 is 1.30 bits per heavy atom. The van der Waals surface area contributed by atoms with Crippen molar-refractivity contribution in [3.05, 3.63) is 35.1 Å². The van der Waals surface area contributed by atoms with Crippen LogP contribution in [0.1, 0.15) is 30.9 Å². The van der Waals surface area contributed by atoms with Gasteiger partial charge in [-0.2, -0.15) is 10.2 Å². The first-order valence-corrected chi connectivity index (χ1v) is 7.26. The molecule has 0 bridgehead atoms. The number of halogens is 1. The summed E-state index contributed by atoms with van der Waals surface area (Å²) < 4.78 is 19.1. The minimum Gasteiger partial charge on any atom is -0.382 e. The number of nitriles is 1. The van der Waals surface area contributed by atoms with Gasteiger partial charge in [0.2, 0.25) is 5.95 Å². The second-order valence-corrected chi connectivity index (χ2v) is 5.01. The van der Waals surface area contributed by atoms with Crippen LogP contribution in [0, 0.1) is 17.1 Å². The van der Waals surface area contributed by atoms with Gasteiger partial charge in [0, 0.05) is 12.2 Å². The number of nitrogen functional groups attached to an aromatic ring is 2. The van der Waals surface area contributed by atoms with Crippen LogP contribution in [-0.2, 0) is 11.3 Å². The van der Waals surface area contributed by atoms with Crippen molar-refractivity contribution in [3.63, 3.8) is 0 Å². The van der Waals surface area contributed by atoms with Gasteiger partial charge in [0.05, 0.1) is 12.3 Å². The third-order valence-corrected chi connectivity index (χ3v) is 3.29. The Morgan fingerprint density at radius 2 is 2.09 bits per heavy atom.